The topological polar surface area (TPSA) is 53.6 Å². The Morgan fingerprint density at radius 2 is 2.00 bits per heavy atom. The lowest BCUT2D eigenvalue weighted by atomic mass is 9.90. The van der Waals surface area contributed by atoms with Crippen LogP contribution in [0.25, 0.3) is 0 Å². The molecule has 0 amide bonds. The summed E-state index contributed by atoms with van der Waals surface area (Å²) in [5.74, 6) is 0.540. The van der Waals surface area contributed by atoms with Crippen LogP contribution in [0.1, 0.15) is 44.2 Å². The minimum atomic E-state index is 0.540. The number of hydrogen-bond acceptors (Lipinski definition) is 2. The predicted molar refractivity (Wildman–Crippen MR) is 95.6 cm³/mol. The van der Waals surface area contributed by atoms with Gasteiger partial charge in [0, 0.05) is 12.2 Å². The van der Waals surface area contributed by atoms with E-state index in [0.717, 1.165) is 44.7 Å². The molecule has 0 saturated heterocycles. The lowest BCUT2D eigenvalue weighted by Crippen LogP contribution is -2.26. The summed E-state index contributed by atoms with van der Waals surface area (Å²) in [6, 6.07) is 6.46. The zero-order chi connectivity index (χ0) is 15.8. The van der Waals surface area contributed by atoms with Crippen LogP contribution in [0.15, 0.2) is 23.2 Å². The van der Waals surface area contributed by atoms with E-state index in [1.54, 1.807) is 0 Å². The molecule has 0 bridgehead atoms. The number of benzene rings is 1. The minimum Gasteiger partial charge on any atom is -0.370 e. The zero-order valence-electron chi connectivity index (χ0n) is 14.1. The summed E-state index contributed by atoms with van der Waals surface area (Å²) in [6.07, 6.45) is 5.95. The van der Waals surface area contributed by atoms with Crippen LogP contribution >= 0.6 is 0 Å². The number of aryl methyl sites for hydroxylation is 1. The van der Waals surface area contributed by atoms with Crippen LogP contribution in [0.3, 0.4) is 0 Å². The molecule has 0 radical (unpaired) electrons. The van der Waals surface area contributed by atoms with Crippen molar-refractivity contribution in [3.63, 3.8) is 0 Å². The monoisotopic (exact) mass is 302 g/mol. The fraction of sp³-hybridized carbons (Fsp3) is 0.611. The molecule has 0 aliphatic heterocycles. The van der Waals surface area contributed by atoms with E-state index in [-0.39, 0.29) is 0 Å². The highest BCUT2D eigenvalue weighted by Crippen LogP contribution is 2.27. The van der Waals surface area contributed by atoms with Gasteiger partial charge in [-0.15, -0.1) is 0 Å². The molecule has 0 aromatic heterocycles. The van der Waals surface area contributed by atoms with Crippen LogP contribution in [-0.2, 0) is 12.8 Å². The highest BCUT2D eigenvalue weighted by atomic mass is 15.1. The van der Waals surface area contributed by atoms with Gasteiger partial charge in [0.2, 0.25) is 0 Å². The number of aliphatic imine (C=N–C) groups is 1. The molecule has 1 aliphatic rings. The first-order valence-electron chi connectivity index (χ1n) is 8.64. The molecule has 2 rings (SSSR count). The minimum absolute atomic E-state index is 0.540. The highest BCUT2D eigenvalue weighted by molar-refractivity contribution is 5.93. The summed E-state index contributed by atoms with van der Waals surface area (Å²) in [7, 11) is 0. The fourth-order valence-corrected chi connectivity index (χ4v) is 3.11. The number of hydrogen-bond donors (Lipinski definition) is 2. The van der Waals surface area contributed by atoms with Crippen molar-refractivity contribution in [2.24, 2.45) is 10.7 Å². The highest BCUT2D eigenvalue weighted by Gasteiger charge is 2.12. The van der Waals surface area contributed by atoms with Crippen molar-refractivity contribution < 1.29 is 0 Å². The molecule has 0 unspecified atom stereocenters. The van der Waals surface area contributed by atoms with Crippen molar-refractivity contribution in [1.29, 1.82) is 0 Å². The Morgan fingerprint density at radius 3 is 2.77 bits per heavy atom. The van der Waals surface area contributed by atoms with Crippen molar-refractivity contribution in [1.82, 2.24) is 4.90 Å². The first-order chi connectivity index (χ1) is 10.7. The molecule has 0 saturated carbocycles. The van der Waals surface area contributed by atoms with Gasteiger partial charge in [0.15, 0.2) is 5.96 Å². The van der Waals surface area contributed by atoms with Crippen molar-refractivity contribution in [2.45, 2.75) is 46.0 Å². The van der Waals surface area contributed by atoms with Gasteiger partial charge in [0.25, 0.3) is 0 Å². The first-order valence-corrected chi connectivity index (χ1v) is 8.64. The maximum Gasteiger partial charge on any atom is 0.193 e. The van der Waals surface area contributed by atoms with E-state index < -0.39 is 0 Å². The van der Waals surface area contributed by atoms with Crippen molar-refractivity contribution in [2.75, 3.05) is 31.5 Å². The molecule has 4 heteroatoms. The molecule has 0 spiro atoms. The first kappa shape index (κ1) is 16.8. The molecule has 0 fully saturated rings. The number of rotatable bonds is 7. The molecular formula is C18H30N4. The largest absolute Gasteiger partial charge is 0.370 e. The molecule has 1 aromatic rings. The standard InChI is InChI=1S/C18H30N4/c1-3-22(4-2)14-8-13-20-18(19)21-17-12-7-10-15-9-5-6-11-16(15)17/h7,10,12H,3-6,8-9,11,13-14H2,1-2H3,(H3,19,20,21). The van der Waals surface area contributed by atoms with Crippen LogP contribution in [0.5, 0.6) is 0 Å². The van der Waals surface area contributed by atoms with Gasteiger partial charge in [-0.2, -0.15) is 0 Å². The number of nitrogens with two attached hydrogens (primary N) is 1. The number of fused-ring (bicyclic) bond motifs is 1. The van der Waals surface area contributed by atoms with E-state index in [4.69, 9.17) is 5.73 Å². The quantitative estimate of drug-likeness (QED) is 0.462. The summed E-state index contributed by atoms with van der Waals surface area (Å²) >= 11 is 0. The van der Waals surface area contributed by atoms with E-state index in [2.05, 4.69) is 47.3 Å². The zero-order valence-corrected chi connectivity index (χ0v) is 14.1. The third-order valence-corrected chi connectivity index (χ3v) is 4.47. The Bertz CT molecular complexity index is 492. The summed E-state index contributed by atoms with van der Waals surface area (Å²) in [5.41, 5.74) is 10.1. The van der Waals surface area contributed by atoms with Gasteiger partial charge in [-0.1, -0.05) is 26.0 Å². The Labute approximate surface area is 134 Å². The molecule has 22 heavy (non-hydrogen) atoms. The van der Waals surface area contributed by atoms with Gasteiger partial charge in [0.05, 0.1) is 0 Å². The van der Waals surface area contributed by atoms with E-state index in [1.807, 2.05) is 0 Å². The number of anilines is 1. The maximum atomic E-state index is 6.05. The summed E-state index contributed by atoms with van der Waals surface area (Å²) in [4.78, 5) is 6.88. The van der Waals surface area contributed by atoms with Crippen molar-refractivity contribution >= 4 is 11.6 Å². The molecule has 1 aromatic carbocycles. The van der Waals surface area contributed by atoms with Gasteiger partial charge in [0.1, 0.15) is 0 Å². The third-order valence-electron chi connectivity index (χ3n) is 4.47. The SMILES string of the molecule is CCN(CC)CCCN=C(N)Nc1cccc2c1CCCC2. The Morgan fingerprint density at radius 1 is 1.23 bits per heavy atom. The number of guanidine groups is 1. The summed E-state index contributed by atoms with van der Waals surface area (Å²) < 4.78 is 0. The second-order valence-electron chi connectivity index (χ2n) is 5.92. The average Bonchev–Trinajstić information content (AvgIpc) is 2.55. The van der Waals surface area contributed by atoms with Crippen molar-refractivity contribution in [3.8, 4) is 0 Å². The predicted octanol–water partition coefficient (Wildman–Crippen LogP) is 3.02. The Balaban J connectivity index is 1.86. The van der Waals surface area contributed by atoms with Crippen LogP contribution in [0, 0.1) is 0 Å². The van der Waals surface area contributed by atoms with Gasteiger partial charge in [-0.3, -0.25) is 4.99 Å². The van der Waals surface area contributed by atoms with Crippen LogP contribution in [0.2, 0.25) is 0 Å². The van der Waals surface area contributed by atoms with Gasteiger partial charge < -0.3 is 16.0 Å². The lowest BCUT2D eigenvalue weighted by molar-refractivity contribution is 0.302. The molecule has 3 N–H and O–H groups in total. The van der Waals surface area contributed by atoms with Crippen LogP contribution in [-0.4, -0.2) is 37.0 Å². The Kier molecular flexibility index (Phi) is 6.72. The maximum absolute atomic E-state index is 6.05. The Hall–Kier alpha value is -1.55. The van der Waals surface area contributed by atoms with E-state index >= 15 is 0 Å². The average molecular weight is 302 g/mol. The van der Waals surface area contributed by atoms with Crippen LogP contribution < -0.4 is 11.1 Å². The second-order valence-corrected chi connectivity index (χ2v) is 5.92. The van der Waals surface area contributed by atoms with E-state index in [9.17, 15) is 0 Å². The van der Waals surface area contributed by atoms with Gasteiger partial charge >= 0.3 is 0 Å². The molecule has 4 nitrogen and oxygen atoms in total. The lowest BCUT2D eigenvalue weighted by Gasteiger charge is -2.20. The molecule has 0 heterocycles. The fourth-order valence-electron chi connectivity index (χ4n) is 3.11. The molecular weight excluding hydrogens is 272 g/mol. The number of nitrogens with zero attached hydrogens (tertiary/aromatic N) is 2. The number of nitrogens with one attached hydrogen (secondary N) is 1. The van der Waals surface area contributed by atoms with Gasteiger partial charge in [-0.25, -0.2) is 0 Å². The molecule has 1 aliphatic carbocycles. The molecule has 122 valence electrons. The third kappa shape index (κ3) is 4.73. The molecule has 0 atom stereocenters. The van der Waals surface area contributed by atoms with E-state index in [1.165, 1.54) is 30.4 Å². The smallest absolute Gasteiger partial charge is 0.193 e. The van der Waals surface area contributed by atoms with Gasteiger partial charge in [-0.05, 0) is 68.9 Å². The van der Waals surface area contributed by atoms with Crippen molar-refractivity contribution in [3.05, 3.63) is 29.3 Å². The summed E-state index contributed by atoms with van der Waals surface area (Å²) in [5, 5.41) is 3.30. The van der Waals surface area contributed by atoms with E-state index in [0.29, 0.717) is 5.96 Å². The van der Waals surface area contributed by atoms with Crippen LogP contribution in [0.4, 0.5) is 5.69 Å². The normalized spacial score (nSPS) is 15.0. The second kappa shape index (κ2) is 8.79. The summed E-state index contributed by atoms with van der Waals surface area (Å²) in [6.45, 7) is 8.46.